The number of benzene rings is 2. The topological polar surface area (TPSA) is 15.3 Å². The van der Waals surface area contributed by atoms with E-state index in [1.165, 1.54) is 11.3 Å². The molecule has 0 aliphatic carbocycles. The van der Waals surface area contributed by atoms with Gasteiger partial charge in [-0.2, -0.15) is 0 Å². The Kier molecular flexibility index (Phi) is 5.02. The highest BCUT2D eigenvalue weighted by atomic mass is 35.5. The van der Waals surface area contributed by atoms with Gasteiger partial charge in [0, 0.05) is 31.5 Å². The van der Waals surface area contributed by atoms with Crippen molar-refractivity contribution in [3.8, 4) is 0 Å². The summed E-state index contributed by atoms with van der Waals surface area (Å²) in [5.41, 5.74) is 4.65. The summed E-state index contributed by atoms with van der Waals surface area (Å²) < 4.78 is 0. The summed E-state index contributed by atoms with van der Waals surface area (Å²) in [6, 6.07) is 12.3. The maximum absolute atomic E-state index is 6.08. The third kappa shape index (κ3) is 3.84. The molecule has 0 saturated carbocycles. The number of aryl methyl sites for hydroxylation is 1. The van der Waals surface area contributed by atoms with Crippen LogP contribution in [0.5, 0.6) is 0 Å². The Balaban J connectivity index is 2.19. The van der Waals surface area contributed by atoms with Crippen molar-refractivity contribution in [2.75, 3.05) is 24.3 Å². The van der Waals surface area contributed by atoms with Crippen LogP contribution in [0.3, 0.4) is 0 Å². The molecule has 0 amide bonds. The smallest absolute Gasteiger partial charge is 0.0595 e. The van der Waals surface area contributed by atoms with Crippen molar-refractivity contribution >= 4 is 34.6 Å². The quantitative estimate of drug-likeness (QED) is 0.794. The zero-order valence-electron chi connectivity index (χ0n) is 12.7. The molecule has 0 saturated heterocycles. The predicted molar refractivity (Wildman–Crippen MR) is 94.0 cm³/mol. The molecule has 21 heavy (non-hydrogen) atoms. The molecule has 0 aliphatic rings. The minimum absolute atomic E-state index is 0.156. The summed E-state index contributed by atoms with van der Waals surface area (Å²) in [6.07, 6.45) is 0. The highest BCUT2D eigenvalue weighted by molar-refractivity contribution is 6.42. The van der Waals surface area contributed by atoms with E-state index in [0.29, 0.717) is 10.0 Å². The Labute approximate surface area is 136 Å². The van der Waals surface area contributed by atoms with Crippen LogP contribution in [0.1, 0.15) is 24.1 Å². The second kappa shape index (κ2) is 6.59. The van der Waals surface area contributed by atoms with Gasteiger partial charge in [-0.1, -0.05) is 29.3 Å². The minimum atomic E-state index is 0.156. The summed E-state index contributed by atoms with van der Waals surface area (Å²) in [5, 5.41) is 4.69. The third-order valence-corrected chi connectivity index (χ3v) is 4.28. The van der Waals surface area contributed by atoms with Crippen LogP contribution in [0.15, 0.2) is 36.4 Å². The van der Waals surface area contributed by atoms with Gasteiger partial charge in [-0.15, -0.1) is 0 Å². The molecular formula is C17H20Cl2N2. The SMILES string of the molecule is Cc1cc(N(C)C)ccc1NC(C)c1ccc(Cl)c(Cl)c1. The molecule has 2 aromatic rings. The van der Waals surface area contributed by atoms with E-state index in [9.17, 15) is 0 Å². The van der Waals surface area contributed by atoms with Crippen molar-refractivity contribution in [2.24, 2.45) is 0 Å². The average molecular weight is 323 g/mol. The number of rotatable bonds is 4. The van der Waals surface area contributed by atoms with Crippen LogP contribution in [-0.2, 0) is 0 Å². The molecule has 1 N–H and O–H groups in total. The van der Waals surface area contributed by atoms with Crippen molar-refractivity contribution in [1.82, 2.24) is 0 Å². The van der Waals surface area contributed by atoms with Gasteiger partial charge in [-0.05, 0) is 55.3 Å². The van der Waals surface area contributed by atoms with E-state index in [0.717, 1.165) is 11.3 Å². The molecule has 0 spiro atoms. The minimum Gasteiger partial charge on any atom is -0.378 e. The van der Waals surface area contributed by atoms with Gasteiger partial charge in [0.25, 0.3) is 0 Å². The van der Waals surface area contributed by atoms with Gasteiger partial charge in [0.15, 0.2) is 0 Å². The van der Waals surface area contributed by atoms with E-state index in [4.69, 9.17) is 23.2 Å². The molecule has 0 aliphatic heterocycles. The lowest BCUT2D eigenvalue weighted by Crippen LogP contribution is -2.11. The molecule has 2 rings (SSSR count). The van der Waals surface area contributed by atoms with Gasteiger partial charge in [0.1, 0.15) is 0 Å². The van der Waals surface area contributed by atoms with E-state index in [-0.39, 0.29) is 6.04 Å². The van der Waals surface area contributed by atoms with Gasteiger partial charge in [0.2, 0.25) is 0 Å². The fourth-order valence-corrected chi connectivity index (χ4v) is 2.49. The van der Waals surface area contributed by atoms with Gasteiger partial charge in [0.05, 0.1) is 10.0 Å². The van der Waals surface area contributed by atoms with Crippen molar-refractivity contribution in [3.63, 3.8) is 0 Å². The Bertz CT molecular complexity index is 639. The van der Waals surface area contributed by atoms with Crippen molar-refractivity contribution < 1.29 is 0 Å². The van der Waals surface area contributed by atoms with E-state index in [1.54, 1.807) is 0 Å². The van der Waals surface area contributed by atoms with Crippen LogP contribution in [0.2, 0.25) is 10.0 Å². The van der Waals surface area contributed by atoms with Crippen LogP contribution < -0.4 is 10.2 Å². The second-order valence-electron chi connectivity index (χ2n) is 5.43. The first-order valence-corrected chi connectivity index (χ1v) is 7.63. The lowest BCUT2D eigenvalue weighted by Gasteiger charge is -2.20. The fourth-order valence-electron chi connectivity index (χ4n) is 2.19. The number of halogens is 2. The molecule has 1 unspecified atom stereocenters. The van der Waals surface area contributed by atoms with Gasteiger partial charge in [-0.3, -0.25) is 0 Å². The first kappa shape index (κ1) is 16.0. The number of nitrogens with one attached hydrogen (secondary N) is 1. The summed E-state index contributed by atoms with van der Waals surface area (Å²) in [6.45, 7) is 4.22. The number of hydrogen-bond acceptors (Lipinski definition) is 2. The Morgan fingerprint density at radius 1 is 1.00 bits per heavy atom. The van der Waals surface area contributed by atoms with Gasteiger partial charge < -0.3 is 10.2 Å². The highest BCUT2D eigenvalue weighted by Gasteiger charge is 2.09. The molecular weight excluding hydrogens is 303 g/mol. The summed E-state index contributed by atoms with van der Waals surface area (Å²) in [4.78, 5) is 2.10. The second-order valence-corrected chi connectivity index (χ2v) is 6.25. The number of nitrogens with zero attached hydrogens (tertiary/aromatic N) is 1. The zero-order valence-corrected chi connectivity index (χ0v) is 14.3. The molecule has 0 radical (unpaired) electrons. The Hall–Kier alpha value is -1.38. The van der Waals surface area contributed by atoms with Crippen molar-refractivity contribution in [1.29, 1.82) is 0 Å². The van der Waals surface area contributed by atoms with E-state index >= 15 is 0 Å². The highest BCUT2D eigenvalue weighted by Crippen LogP contribution is 2.29. The molecule has 4 heteroatoms. The molecule has 0 aromatic heterocycles. The van der Waals surface area contributed by atoms with E-state index < -0.39 is 0 Å². The molecule has 0 heterocycles. The molecule has 112 valence electrons. The standard InChI is InChI=1S/C17H20Cl2N2/c1-11-9-14(21(3)4)6-8-17(11)20-12(2)13-5-7-15(18)16(19)10-13/h5-10,12,20H,1-4H3. The average Bonchev–Trinajstić information content (AvgIpc) is 2.43. The summed E-state index contributed by atoms with van der Waals surface area (Å²) in [5.74, 6) is 0. The van der Waals surface area contributed by atoms with Crippen LogP contribution >= 0.6 is 23.2 Å². The molecule has 0 bridgehead atoms. The van der Waals surface area contributed by atoms with Crippen molar-refractivity contribution in [2.45, 2.75) is 19.9 Å². The molecule has 2 aromatic carbocycles. The fraction of sp³-hybridized carbons (Fsp3) is 0.294. The Morgan fingerprint density at radius 2 is 1.71 bits per heavy atom. The Morgan fingerprint density at radius 3 is 2.29 bits per heavy atom. The van der Waals surface area contributed by atoms with Gasteiger partial charge >= 0.3 is 0 Å². The predicted octanol–water partition coefficient (Wildman–Crippen LogP) is 5.54. The van der Waals surface area contributed by atoms with Crippen molar-refractivity contribution in [3.05, 3.63) is 57.6 Å². The lowest BCUT2D eigenvalue weighted by molar-refractivity contribution is 0.882. The summed E-state index contributed by atoms with van der Waals surface area (Å²) in [7, 11) is 4.08. The third-order valence-electron chi connectivity index (χ3n) is 3.54. The number of hydrogen-bond donors (Lipinski definition) is 1. The number of anilines is 2. The monoisotopic (exact) mass is 322 g/mol. The first-order valence-electron chi connectivity index (χ1n) is 6.88. The largest absolute Gasteiger partial charge is 0.378 e. The van der Waals surface area contributed by atoms with Crippen LogP contribution in [0.25, 0.3) is 0 Å². The van der Waals surface area contributed by atoms with E-state index in [2.05, 4.69) is 42.3 Å². The van der Waals surface area contributed by atoms with Crippen LogP contribution in [0.4, 0.5) is 11.4 Å². The first-order chi connectivity index (χ1) is 9.88. The zero-order chi connectivity index (χ0) is 15.6. The maximum Gasteiger partial charge on any atom is 0.0595 e. The van der Waals surface area contributed by atoms with Gasteiger partial charge in [-0.25, -0.2) is 0 Å². The normalized spacial score (nSPS) is 12.1. The molecule has 0 fully saturated rings. The van der Waals surface area contributed by atoms with E-state index in [1.807, 2.05) is 32.3 Å². The molecule has 2 nitrogen and oxygen atoms in total. The maximum atomic E-state index is 6.08. The lowest BCUT2D eigenvalue weighted by atomic mass is 10.1. The van der Waals surface area contributed by atoms with Crippen LogP contribution in [0, 0.1) is 6.92 Å². The molecule has 1 atom stereocenters. The van der Waals surface area contributed by atoms with Crippen LogP contribution in [-0.4, -0.2) is 14.1 Å². The summed E-state index contributed by atoms with van der Waals surface area (Å²) >= 11 is 12.0.